The summed E-state index contributed by atoms with van der Waals surface area (Å²) in [6.07, 6.45) is 1.39. The summed E-state index contributed by atoms with van der Waals surface area (Å²) in [6.45, 7) is 1.75. The molecule has 0 aliphatic heterocycles. The first-order valence-corrected chi connectivity index (χ1v) is 9.16. The quantitative estimate of drug-likeness (QED) is 0.710. The Morgan fingerprint density at radius 1 is 1.37 bits per heavy atom. The van der Waals surface area contributed by atoms with E-state index in [0.29, 0.717) is 20.2 Å². The van der Waals surface area contributed by atoms with Gasteiger partial charge in [0.15, 0.2) is 0 Å². The molecule has 0 bridgehead atoms. The van der Waals surface area contributed by atoms with Gasteiger partial charge in [0.1, 0.15) is 10.0 Å². The van der Waals surface area contributed by atoms with Gasteiger partial charge in [-0.1, -0.05) is 11.6 Å². The van der Waals surface area contributed by atoms with Crippen LogP contribution in [0.2, 0.25) is 5.15 Å². The first kappa shape index (κ1) is 15.2. The number of aryl methyl sites for hydroxylation is 1. The Morgan fingerprint density at radius 2 is 2.05 bits per heavy atom. The van der Waals surface area contributed by atoms with Crippen LogP contribution in [-0.4, -0.2) is 13.4 Å². The Bertz CT molecular complexity index is 731. The van der Waals surface area contributed by atoms with E-state index in [0.717, 1.165) is 3.79 Å². The van der Waals surface area contributed by atoms with Crippen LogP contribution in [0.4, 0.5) is 5.69 Å². The second-order valence-electron chi connectivity index (χ2n) is 3.62. The van der Waals surface area contributed by atoms with Crippen molar-refractivity contribution in [3.63, 3.8) is 0 Å². The van der Waals surface area contributed by atoms with E-state index in [1.165, 1.54) is 23.6 Å². The molecule has 2 aromatic rings. The van der Waals surface area contributed by atoms with Gasteiger partial charge in [0.05, 0.1) is 19.5 Å². The Balaban J connectivity index is 2.39. The molecule has 0 radical (unpaired) electrons. The smallest absolute Gasteiger partial charge is 0.263 e. The number of sulfonamides is 1. The van der Waals surface area contributed by atoms with Crippen molar-refractivity contribution < 1.29 is 8.42 Å². The highest BCUT2D eigenvalue weighted by atomic mass is 79.9. The van der Waals surface area contributed by atoms with Crippen LogP contribution in [-0.2, 0) is 10.0 Å². The van der Waals surface area contributed by atoms with Gasteiger partial charge in [0, 0.05) is 0 Å². The van der Waals surface area contributed by atoms with Crippen LogP contribution in [0.1, 0.15) is 5.56 Å². The molecule has 0 aromatic carbocycles. The zero-order valence-corrected chi connectivity index (χ0v) is 15.0. The number of thiophene rings is 1. The summed E-state index contributed by atoms with van der Waals surface area (Å²) in [5, 5.41) is 0.319. The van der Waals surface area contributed by atoms with E-state index in [2.05, 4.69) is 41.6 Å². The fourth-order valence-corrected chi connectivity index (χ4v) is 6.48. The van der Waals surface area contributed by atoms with E-state index >= 15 is 0 Å². The molecule has 0 amide bonds. The van der Waals surface area contributed by atoms with Crippen molar-refractivity contribution in [3.05, 3.63) is 36.6 Å². The third-order valence-electron chi connectivity index (χ3n) is 2.24. The molecular weight excluding hydrogens is 440 g/mol. The van der Waals surface area contributed by atoms with Crippen LogP contribution >= 0.6 is 54.8 Å². The molecular formula is C10H7Br2ClN2O2S2. The number of hydrogen-bond donors (Lipinski definition) is 1. The molecule has 0 aliphatic rings. The average Bonchev–Trinajstić information content (AvgIpc) is 2.63. The van der Waals surface area contributed by atoms with Crippen LogP contribution in [0.5, 0.6) is 0 Å². The van der Waals surface area contributed by atoms with E-state index in [1.54, 1.807) is 13.0 Å². The third-order valence-corrected chi connectivity index (χ3v) is 6.56. The van der Waals surface area contributed by atoms with E-state index in [1.807, 2.05) is 0 Å². The fraction of sp³-hybridized carbons (Fsp3) is 0.100. The number of aromatic nitrogens is 1. The van der Waals surface area contributed by atoms with Crippen molar-refractivity contribution >= 4 is 70.5 Å². The van der Waals surface area contributed by atoms with Crippen molar-refractivity contribution in [1.82, 2.24) is 4.98 Å². The topological polar surface area (TPSA) is 59.1 Å². The largest absolute Gasteiger partial charge is 0.278 e. The standard InChI is InChI=1S/C10H7Br2ClN2O2S2/c1-5-2-9(13)14-4-6(5)15-19(16,17)7-3-8(11)18-10(7)12/h2-4,15H,1H3. The van der Waals surface area contributed by atoms with Gasteiger partial charge in [-0.3, -0.25) is 4.72 Å². The molecule has 0 atom stereocenters. The molecule has 2 rings (SSSR count). The minimum atomic E-state index is -3.66. The monoisotopic (exact) mass is 444 g/mol. The predicted octanol–water partition coefficient (Wildman–Crippen LogP) is 4.43. The van der Waals surface area contributed by atoms with Gasteiger partial charge in [-0.15, -0.1) is 11.3 Å². The molecule has 2 heterocycles. The molecule has 1 N–H and O–H groups in total. The summed E-state index contributed by atoms with van der Waals surface area (Å²) < 4.78 is 28.3. The lowest BCUT2D eigenvalue weighted by atomic mass is 10.3. The van der Waals surface area contributed by atoms with Gasteiger partial charge in [0.2, 0.25) is 0 Å². The van der Waals surface area contributed by atoms with Gasteiger partial charge < -0.3 is 0 Å². The molecule has 0 saturated carbocycles. The molecule has 19 heavy (non-hydrogen) atoms. The molecule has 102 valence electrons. The molecule has 2 aromatic heterocycles. The lowest BCUT2D eigenvalue weighted by molar-refractivity contribution is 0.601. The number of anilines is 1. The number of halogens is 3. The summed E-state index contributed by atoms with van der Waals surface area (Å²) in [5.41, 5.74) is 1.10. The maximum Gasteiger partial charge on any atom is 0.263 e. The summed E-state index contributed by atoms with van der Waals surface area (Å²) >= 11 is 13.5. The summed E-state index contributed by atoms with van der Waals surface area (Å²) in [5.74, 6) is 0. The van der Waals surface area contributed by atoms with E-state index in [-0.39, 0.29) is 4.90 Å². The Labute approximate surface area is 136 Å². The Hall–Kier alpha value is -0.150. The van der Waals surface area contributed by atoms with Crippen LogP contribution in [0, 0.1) is 6.92 Å². The van der Waals surface area contributed by atoms with Crippen molar-refractivity contribution in [2.45, 2.75) is 11.8 Å². The summed E-state index contributed by atoms with van der Waals surface area (Å²) in [4.78, 5) is 4.04. The summed E-state index contributed by atoms with van der Waals surface area (Å²) in [6, 6.07) is 3.13. The zero-order valence-electron chi connectivity index (χ0n) is 9.45. The average molecular weight is 447 g/mol. The highest BCUT2D eigenvalue weighted by Crippen LogP contribution is 2.35. The highest BCUT2D eigenvalue weighted by molar-refractivity contribution is 9.12. The Morgan fingerprint density at radius 3 is 2.58 bits per heavy atom. The van der Waals surface area contributed by atoms with Crippen molar-refractivity contribution in [3.8, 4) is 0 Å². The van der Waals surface area contributed by atoms with Crippen molar-refractivity contribution in [1.29, 1.82) is 0 Å². The normalized spacial score (nSPS) is 11.6. The van der Waals surface area contributed by atoms with E-state index in [4.69, 9.17) is 11.6 Å². The second-order valence-corrected chi connectivity index (χ2v) is 9.40. The van der Waals surface area contributed by atoms with Gasteiger partial charge in [-0.25, -0.2) is 13.4 Å². The minimum Gasteiger partial charge on any atom is -0.278 e. The second kappa shape index (κ2) is 5.69. The van der Waals surface area contributed by atoms with Crippen LogP contribution < -0.4 is 4.72 Å². The maximum absolute atomic E-state index is 12.3. The number of hydrogen-bond acceptors (Lipinski definition) is 4. The Kier molecular flexibility index (Phi) is 4.56. The third kappa shape index (κ3) is 3.49. The van der Waals surface area contributed by atoms with Crippen molar-refractivity contribution in [2.75, 3.05) is 4.72 Å². The lowest BCUT2D eigenvalue weighted by Crippen LogP contribution is -2.13. The van der Waals surface area contributed by atoms with Crippen LogP contribution in [0.25, 0.3) is 0 Å². The first-order chi connectivity index (χ1) is 8.79. The predicted molar refractivity (Wildman–Crippen MR) is 84.5 cm³/mol. The number of nitrogens with one attached hydrogen (secondary N) is 1. The van der Waals surface area contributed by atoms with E-state index in [9.17, 15) is 8.42 Å². The molecule has 0 spiro atoms. The lowest BCUT2D eigenvalue weighted by Gasteiger charge is -2.09. The molecule has 0 saturated heterocycles. The minimum absolute atomic E-state index is 0.179. The van der Waals surface area contributed by atoms with E-state index < -0.39 is 10.0 Å². The molecule has 0 unspecified atom stereocenters. The molecule has 0 aliphatic carbocycles. The molecule has 9 heteroatoms. The zero-order chi connectivity index (χ0) is 14.2. The number of rotatable bonds is 3. The van der Waals surface area contributed by atoms with Crippen LogP contribution in [0.15, 0.2) is 30.8 Å². The van der Waals surface area contributed by atoms with Gasteiger partial charge in [-0.05, 0) is 56.5 Å². The first-order valence-electron chi connectivity index (χ1n) is 4.89. The van der Waals surface area contributed by atoms with Gasteiger partial charge in [0.25, 0.3) is 10.0 Å². The fourth-order valence-electron chi connectivity index (χ4n) is 1.34. The number of nitrogens with zero attached hydrogens (tertiary/aromatic N) is 1. The van der Waals surface area contributed by atoms with Gasteiger partial charge >= 0.3 is 0 Å². The number of pyridine rings is 1. The maximum atomic E-state index is 12.3. The van der Waals surface area contributed by atoms with Gasteiger partial charge in [-0.2, -0.15) is 0 Å². The highest BCUT2D eigenvalue weighted by Gasteiger charge is 2.21. The SMILES string of the molecule is Cc1cc(Cl)ncc1NS(=O)(=O)c1cc(Br)sc1Br. The van der Waals surface area contributed by atoms with Crippen molar-refractivity contribution in [2.24, 2.45) is 0 Å². The van der Waals surface area contributed by atoms with Crippen LogP contribution in [0.3, 0.4) is 0 Å². The molecule has 0 fully saturated rings. The summed E-state index contributed by atoms with van der Waals surface area (Å²) in [7, 11) is -3.66. The molecule has 4 nitrogen and oxygen atoms in total.